The quantitative estimate of drug-likeness (QED) is 0.331. The highest BCUT2D eigenvalue weighted by molar-refractivity contribution is 6.69. The molecule has 0 unspecified atom stereocenters. The Morgan fingerprint density at radius 1 is 1.38 bits per heavy atom. The zero-order valence-corrected chi connectivity index (χ0v) is 11.1. The molecule has 5 heteroatoms. The van der Waals surface area contributed by atoms with Gasteiger partial charge in [0, 0.05) is 7.05 Å². The maximum absolute atomic E-state index is 11.5. The monoisotopic (exact) mass is 263 g/mol. The summed E-state index contributed by atoms with van der Waals surface area (Å²) in [5.74, 6) is -0.453. The van der Waals surface area contributed by atoms with Crippen molar-refractivity contribution in [1.29, 1.82) is 0 Å². The highest BCUT2D eigenvalue weighted by atomic mass is 35.5. The first-order valence-electron chi connectivity index (χ1n) is 4.93. The number of rotatable bonds is 5. The first-order valence-corrected chi connectivity index (χ1v) is 5.69. The third kappa shape index (κ3) is 5.33. The molecule has 16 heavy (non-hydrogen) atoms. The molecule has 0 amide bonds. The molecule has 0 saturated carbocycles. The highest BCUT2D eigenvalue weighted by Crippen LogP contribution is 2.18. The van der Waals surface area contributed by atoms with Gasteiger partial charge in [-0.25, -0.2) is 4.79 Å². The van der Waals surface area contributed by atoms with Gasteiger partial charge in [0.15, 0.2) is 0 Å². The molecule has 0 aliphatic rings. The lowest BCUT2D eigenvalue weighted by Crippen LogP contribution is -2.08. The zero-order chi connectivity index (χ0) is 12.6. The van der Waals surface area contributed by atoms with Crippen molar-refractivity contribution in [1.82, 2.24) is 0 Å². The lowest BCUT2D eigenvalue weighted by molar-refractivity contribution is -0.138. The van der Waals surface area contributed by atoms with Gasteiger partial charge < -0.3 is 4.74 Å². The number of carbonyl (C=O) groups excluding carboxylic acids is 1. The van der Waals surface area contributed by atoms with Crippen molar-refractivity contribution < 1.29 is 9.53 Å². The van der Waals surface area contributed by atoms with E-state index in [2.05, 4.69) is 4.99 Å². The summed E-state index contributed by atoms with van der Waals surface area (Å²) in [5, 5.41) is 0.465. The van der Waals surface area contributed by atoms with Crippen LogP contribution < -0.4 is 0 Å². The molecule has 0 aromatic heterocycles. The summed E-state index contributed by atoms with van der Waals surface area (Å²) < 4.78 is 4.88. The molecule has 0 aliphatic heterocycles. The van der Waals surface area contributed by atoms with Crippen LogP contribution in [-0.4, -0.2) is 24.8 Å². The molecule has 0 rings (SSSR count). The molecule has 0 fully saturated rings. The van der Waals surface area contributed by atoms with Gasteiger partial charge in [-0.3, -0.25) is 4.99 Å². The van der Waals surface area contributed by atoms with Gasteiger partial charge in [-0.2, -0.15) is 0 Å². The van der Waals surface area contributed by atoms with Crippen LogP contribution in [0.2, 0.25) is 0 Å². The smallest absolute Gasteiger partial charge is 0.339 e. The van der Waals surface area contributed by atoms with Crippen LogP contribution in [0, 0.1) is 0 Å². The summed E-state index contributed by atoms with van der Waals surface area (Å²) in [7, 11) is 1.54. The number of hydrogen-bond acceptors (Lipinski definition) is 3. The van der Waals surface area contributed by atoms with Gasteiger partial charge in [0.1, 0.15) is 5.17 Å². The number of esters is 1. The van der Waals surface area contributed by atoms with Crippen molar-refractivity contribution in [3.05, 3.63) is 22.8 Å². The van der Waals surface area contributed by atoms with Gasteiger partial charge in [0.25, 0.3) is 0 Å². The van der Waals surface area contributed by atoms with Crippen LogP contribution in [0.15, 0.2) is 27.7 Å². The van der Waals surface area contributed by atoms with Gasteiger partial charge in [-0.1, -0.05) is 36.2 Å². The highest BCUT2D eigenvalue weighted by Gasteiger charge is 2.13. The van der Waals surface area contributed by atoms with Crippen molar-refractivity contribution in [3.63, 3.8) is 0 Å². The zero-order valence-electron chi connectivity index (χ0n) is 9.59. The van der Waals surface area contributed by atoms with E-state index >= 15 is 0 Å². The predicted octanol–water partition coefficient (Wildman–Crippen LogP) is 3.28. The Labute approximate surface area is 106 Å². The number of allylic oxidation sites excluding steroid dienone is 2. The van der Waals surface area contributed by atoms with E-state index < -0.39 is 5.97 Å². The molecule has 0 N–H and O–H groups in total. The lowest BCUT2D eigenvalue weighted by Gasteiger charge is -2.05. The third-order valence-corrected chi connectivity index (χ3v) is 2.21. The van der Waals surface area contributed by atoms with Crippen LogP contribution in [0.4, 0.5) is 0 Å². The second-order valence-corrected chi connectivity index (χ2v) is 3.58. The summed E-state index contributed by atoms with van der Waals surface area (Å²) >= 11 is 11.7. The Morgan fingerprint density at radius 2 is 2.00 bits per heavy atom. The predicted molar refractivity (Wildman–Crippen MR) is 68.2 cm³/mol. The molecule has 3 nitrogen and oxygen atoms in total. The summed E-state index contributed by atoms with van der Waals surface area (Å²) in [6.45, 7) is 3.94. The standard InChI is InChI=1S/C11H15Cl2NO2/c1-4-6-8(11(15)16-5-2)9(12)7-10(13)14-3/h6-7H,4-5H2,1-3H3/b8-6-,9-7+,14-10+. The molecular formula is C11H15Cl2NO2. The van der Waals surface area contributed by atoms with Crippen molar-refractivity contribution in [2.45, 2.75) is 20.3 Å². The number of ether oxygens (including phenoxy) is 1. The van der Waals surface area contributed by atoms with Gasteiger partial charge in [-0.05, 0) is 19.4 Å². The number of aliphatic imine (C=N–C) groups is 1. The minimum atomic E-state index is -0.453. The molecule has 0 saturated heterocycles. The van der Waals surface area contributed by atoms with E-state index in [0.29, 0.717) is 18.6 Å². The van der Waals surface area contributed by atoms with Crippen LogP contribution in [0.25, 0.3) is 0 Å². The minimum Gasteiger partial charge on any atom is -0.462 e. The first kappa shape index (κ1) is 15.2. The van der Waals surface area contributed by atoms with E-state index in [9.17, 15) is 4.79 Å². The molecule has 0 atom stereocenters. The van der Waals surface area contributed by atoms with Crippen LogP contribution in [0.5, 0.6) is 0 Å². The second kappa shape index (κ2) is 8.36. The summed E-state index contributed by atoms with van der Waals surface area (Å²) in [4.78, 5) is 15.3. The normalized spacial score (nSPS) is 13.9. The molecule has 90 valence electrons. The molecule has 0 aromatic carbocycles. The Balaban J connectivity index is 5.01. The maximum Gasteiger partial charge on any atom is 0.339 e. The fraction of sp³-hybridized carbons (Fsp3) is 0.455. The van der Waals surface area contributed by atoms with E-state index in [0.717, 1.165) is 0 Å². The first-order chi connectivity index (χ1) is 7.56. The van der Waals surface area contributed by atoms with Crippen LogP contribution in [-0.2, 0) is 9.53 Å². The lowest BCUT2D eigenvalue weighted by atomic mass is 10.2. The van der Waals surface area contributed by atoms with Crippen LogP contribution in [0.1, 0.15) is 20.3 Å². The van der Waals surface area contributed by atoms with Crippen LogP contribution in [0.3, 0.4) is 0 Å². The van der Waals surface area contributed by atoms with Gasteiger partial charge in [0.2, 0.25) is 0 Å². The van der Waals surface area contributed by atoms with E-state index in [1.165, 1.54) is 13.1 Å². The Morgan fingerprint density at radius 3 is 2.44 bits per heavy atom. The van der Waals surface area contributed by atoms with Gasteiger partial charge >= 0.3 is 5.97 Å². The summed E-state index contributed by atoms with van der Waals surface area (Å²) in [5.41, 5.74) is 0.313. The number of halogens is 2. The van der Waals surface area contributed by atoms with Crippen molar-refractivity contribution >= 4 is 34.3 Å². The van der Waals surface area contributed by atoms with Crippen molar-refractivity contribution in [2.24, 2.45) is 4.99 Å². The topological polar surface area (TPSA) is 38.7 Å². The molecule has 0 spiro atoms. The van der Waals surface area contributed by atoms with E-state index in [1.54, 1.807) is 13.0 Å². The average molecular weight is 264 g/mol. The Hall–Kier alpha value is -0.800. The van der Waals surface area contributed by atoms with E-state index in [-0.39, 0.29) is 10.2 Å². The fourth-order valence-electron chi connectivity index (χ4n) is 0.938. The fourth-order valence-corrected chi connectivity index (χ4v) is 1.36. The van der Waals surface area contributed by atoms with Gasteiger partial charge in [-0.15, -0.1) is 0 Å². The maximum atomic E-state index is 11.5. The van der Waals surface area contributed by atoms with E-state index in [4.69, 9.17) is 27.9 Å². The SMILES string of the molecule is CC/C=C(C(=O)OCC)/C(Cl)=C\C(Cl)=N/C. The van der Waals surface area contributed by atoms with Crippen LogP contribution >= 0.6 is 23.2 Å². The van der Waals surface area contributed by atoms with Gasteiger partial charge in [0.05, 0.1) is 17.2 Å². The van der Waals surface area contributed by atoms with E-state index in [1.807, 2.05) is 6.92 Å². The van der Waals surface area contributed by atoms with Crippen molar-refractivity contribution in [2.75, 3.05) is 13.7 Å². The number of hydrogen-bond donors (Lipinski definition) is 0. The molecule has 0 bridgehead atoms. The Bertz CT molecular complexity index is 333. The Kier molecular flexibility index (Phi) is 7.95. The molecule has 0 radical (unpaired) electrons. The minimum absolute atomic E-state index is 0.232. The third-order valence-electron chi connectivity index (χ3n) is 1.62. The average Bonchev–Trinajstić information content (AvgIpc) is 2.25. The van der Waals surface area contributed by atoms with Crippen molar-refractivity contribution in [3.8, 4) is 0 Å². The molecular weight excluding hydrogens is 249 g/mol. The molecule has 0 aliphatic carbocycles. The summed E-state index contributed by atoms with van der Waals surface area (Å²) in [6.07, 6.45) is 3.79. The largest absolute Gasteiger partial charge is 0.462 e. The summed E-state index contributed by atoms with van der Waals surface area (Å²) in [6, 6.07) is 0. The molecule has 0 heterocycles. The second-order valence-electron chi connectivity index (χ2n) is 2.79. The molecule has 0 aromatic rings. The number of carbonyl (C=O) groups is 1. The number of nitrogens with zero attached hydrogens (tertiary/aromatic N) is 1.